The van der Waals surface area contributed by atoms with Gasteiger partial charge in [-0.15, -0.1) is 10.2 Å². The summed E-state index contributed by atoms with van der Waals surface area (Å²) >= 11 is 0. The molecule has 10 heteroatoms. The summed E-state index contributed by atoms with van der Waals surface area (Å²) < 4.78 is 46.0. The zero-order valence-corrected chi connectivity index (χ0v) is 16.9. The molecule has 1 aliphatic heterocycles. The van der Waals surface area contributed by atoms with Crippen LogP contribution in [0.25, 0.3) is 0 Å². The van der Waals surface area contributed by atoms with Gasteiger partial charge in [0.1, 0.15) is 5.82 Å². The van der Waals surface area contributed by atoms with Gasteiger partial charge in [0, 0.05) is 32.6 Å². The van der Waals surface area contributed by atoms with Crippen molar-refractivity contribution >= 4 is 5.91 Å². The maximum Gasteiger partial charge on any atom is 0.416 e. The van der Waals surface area contributed by atoms with Gasteiger partial charge in [0.05, 0.1) is 17.9 Å². The third-order valence-electron chi connectivity index (χ3n) is 5.29. The number of aromatic nitrogens is 3. The Morgan fingerprint density at radius 2 is 2.03 bits per heavy atom. The Balaban J connectivity index is 1.42. The second-order valence-corrected chi connectivity index (χ2v) is 7.52. The number of benzene rings is 1. The van der Waals surface area contributed by atoms with Gasteiger partial charge in [-0.05, 0) is 30.7 Å². The van der Waals surface area contributed by atoms with E-state index in [4.69, 9.17) is 4.42 Å². The Morgan fingerprint density at radius 1 is 1.19 bits per heavy atom. The van der Waals surface area contributed by atoms with E-state index in [1.54, 1.807) is 18.2 Å². The van der Waals surface area contributed by atoms with E-state index in [1.807, 2.05) is 11.5 Å². The Bertz CT molecular complexity index is 1050. The van der Waals surface area contributed by atoms with Crippen LogP contribution < -0.4 is 5.32 Å². The van der Waals surface area contributed by atoms with Gasteiger partial charge in [0.2, 0.25) is 0 Å². The third kappa shape index (κ3) is 4.79. The molecule has 3 aromatic rings. The molecule has 0 fully saturated rings. The van der Waals surface area contributed by atoms with E-state index in [1.165, 1.54) is 18.4 Å². The molecule has 1 N–H and O–H groups in total. The second kappa shape index (κ2) is 8.54. The van der Waals surface area contributed by atoms with Gasteiger partial charge in [0.15, 0.2) is 11.6 Å². The van der Waals surface area contributed by atoms with Crippen molar-refractivity contribution in [2.75, 3.05) is 13.1 Å². The largest absolute Gasteiger partial charge is 0.459 e. The van der Waals surface area contributed by atoms with Crippen LogP contribution in [0.3, 0.4) is 0 Å². The smallest absolute Gasteiger partial charge is 0.416 e. The summed E-state index contributed by atoms with van der Waals surface area (Å²) in [7, 11) is 0. The highest BCUT2D eigenvalue weighted by atomic mass is 19.4. The number of fused-ring (bicyclic) bond motifs is 1. The Hall–Kier alpha value is -3.14. The molecule has 1 aromatic carbocycles. The number of nitrogens with zero attached hydrogens (tertiary/aromatic N) is 4. The summed E-state index contributed by atoms with van der Waals surface area (Å²) in [5.41, 5.74) is -0.0212. The predicted molar refractivity (Wildman–Crippen MR) is 105 cm³/mol. The van der Waals surface area contributed by atoms with Crippen molar-refractivity contribution in [2.24, 2.45) is 0 Å². The molecule has 2 aromatic heterocycles. The van der Waals surface area contributed by atoms with Gasteiger partial charge >= 0.3 is 6.18 Å². The van der Waals surface area contributed by atoms with Crippen LogP contribution >= 0.6 is 0 Å². The minimum absolute atomic E-state index is 0.217. The average Bonchev–Trinajstić information content (AvgIpc) is 3.36. The normalized spacial score (nSPS) is 15.9. The lowest BCUT2D eigenvalue weighted by Crippen LogP contribution is -2.30. The molecule has 0 aliphatic carbocycles. The highest BCUT2D eigenvalue weighted by Gasteiger charge is 2.30. The van der Waals surface area contributed by atoms with E-state index in [-0.39, 0.29) is 17.7 Å². The summed E-state index contributed by atoms with van der Waals surface area (Å²) in [6.45, 7) is 4.11. The molecule has 7 nitrogen and oxygen atoms in total. The molecule has 1 aliphatic rings. The lowest BCUT2D eigenvalue weighted by atomic mass is 10.1. The van der Waals surface area contributed by atoms with Crippen LogP contribution in [0.15, 0.2) is 47.1 Å². The van der Waals surface area contributed by atoms with Crippen LogP contribution in [0.5, 0.6) is 0 Å². The highest BCUT2D eigenvalue weighted by Crippen LogP contribution is 2.30. The number of halogens is 3. The van der Waals surface area contributed by atoms with Crippen LogP contribution in [0.4, 0.5) is 13.2 Å². The van der Waals surface area contributed by atoms with Crippen LogP contribution in [0, 0.1) is 0 Å². The highest BCUT2D eigenvalue weighted by molar-refractivity contribution is 5.91. The molecule has 0 unspecified atom stereocenters. The van der Waals surface area contributed by atoms with Crippen LogP contribution in [-0.4, -0.2) is 38.7 Å². The molecule has 1 amide bonds. The summed E-state index contributed by atoms with van der Waals surface area (Å²) in [5.74, 6) is 1.31. The van der Waals surface area contributed by atoms with Gasteiger partial charge in [0.25, 0.3) is 5.91 Å². The van der Waals surface area contributed by atoms with Gasteiger partial charge in [-0.2, -0.15) is 13.2 Å². The van der Waals surface area contributed by atoms with Crippen molar-refractivity contribution in [1.82, 2.24) is 25.0 Å². The fourth-order valence-corrected chi connectivity index (χ4v) is 3.71. The van der Waals surface area contributed by atoms with Gasteiger partial charge in [-0.3, -0.25) is 9.69 Å². The summed E-state index contributed by atoms with van der Waals surface area (Å²) in [6.07, 6.45) is -2.31. The zero-order chi connectivity index (χ0) is 22.0. The first-order valence-electron chi connectivity index (χ1n) is 9.96. The standard InChI is InChI=1S/C21H22F3N5O2/c1-14(25-20(30)17-6-3-11-31-17)19-27-26-18-7-8-28(9-10-29(18)19)13-15-4-2-5-16(12-15)21(22,23)24/h2-6,11-12,14H,7-10,13H2,1H3,(H,25,30)/t14-/m1/s1. The minimum atomic E-state index is -4.35. The van der Waals surface area contributed by atoms with E-state index in [0.717, 1.165) is 11.9 Å². The van der Waals surface area contributed by atoms with Gasteiger partial charge in [-0.25, -0.2) is 0 Å². The molecule has 1 atom stereocenters. The quantitative estimate of drug-likeness (QED) is 0.667. The summed E-state index contributed by atoms with van der Waals surface area (Å²) in [6, 6.07) is 8.26. The molecule has 4 rings (SSSR count). The minimum Gasteiger partial charge on any atom is -0.459 e. The first kappa shape index (κ1) is 21.1. The van der Waals surface area contributed by atoms with Gasteiger partial charge in [-0.1, -0.05) is 18.2 Å². The van der Waals surface area contributed by atoms with Gasteiger partial charge < -0.3 is 14.3 Å². The first-order chi connectivity index (χ1) is 14.8. The number of rotatable bonds is 5. The topological polar surface area (TPSA) is 76.2 Å². The number of alkyl halides is 3. The number of hydrogen-bond donors (Lipinski definition) is 1. The number of hydrogen-bond acceptors (Lipinski definition) is 5. The second-order valence-electron chi connectivity index (χ2n) is 7.52. The van der Waals surface area contributed by atoms with Crippen molar-refractivity contribution < 1.29 is 22.4 Å². The number of amides is 1. The third-order valence-corrected chi connectivity index (χ3v) is 5.29. The number of nitrogens with one attached hydrogen (secondary N) is 1. The van der Waals surface area contributed by atoms with Crippen molar-refractivity contribution in [3.8, 4) is 0 Å². The first-order valence-corrected chi connectivity index (χ1v) is 9.96. The van der Waals surface area contributed by atoms with E-state index in [0.29, 0.717) is 44.0 Å². The molecule has 31 heavy (non-hydrogen) atoms. The lowest BCUT2D eigenvalue weighted by molar-refractivity contribution is -0.137. The maximum atomic E-state index is 13.0. The molecule has 164 valence electrons. The van der Waals surface area contributed by atoms with Crippen molar-refractivity contribution in [2.45, 2.75) is 38.7 Å². The average molecular weight is 433 g/mol. The molecular weight excluding hydrogens is 411 g/mol. The maximum absolute atomic E-state index is 13.0. The Labute approximate surface area is 176 Å². The molecular formula is C21H22F3N5O2. The van der Waals surface area contributed by atoms with E-state index < -0.39 is 11.7 Å². The van der Waals surface area contributed by atoms with Crippen LogP contribution in [0.1, 0.15) is 46.3 Å². The van der Waals surface area contributed by atoms with E-state index >= 15 is 0 Å². The van der Waals surface area contributed by atoms with Crippen molar-refractivity contribution in [1.29, 1.82) is 0 Å². The molecule has 0 saturated heterocycles. The van der Waals surface area contributed by atoms with Crippen molar-refractivity contribution in [3.63, 3.8) is 0 Å². The molecule has 0 bridgehead atoms. The summed E-state index contributed by atoms with van der Waals surface area (Å²) in [5, 5.41) is 11.4. The zero-order valence-electron chi connectivity index (χ0n) is 16.9. The van der Waals surface area contributed by atoms with Crippen LogP contribution in [0.2, 0.25) is 0 Å². The number of carbonyl (C=O) groups excluding carboxylic acids is 1. The Morgan fingerprint density at radius 3 is 2.77 bits per heavy atom. The SMILES string of the molecule is C[C@@H](NC(=O)c1ccco1)c1nnc2n1CCN(Cc1cccc(C(F)(F)F)c1)CC2. The Kier molecular flexibility index (Phi) is 5.81. The molecule has 0 radical (unpaired) electrons. The van der Waals surface area contributed by atoms with Crippen molar-refractivity contribution in [3.05, 3.63) is 71.2 Å². The predicted octanol–water partition coefficient (Wildman–Crippen LogP) is 3.44. The fraction of sp³-hybridized carbons (Fsp3) is 0.381. The summed E-state index contributed by atoms with van der Waals surface area (Å²) in [4.78, 5) is 14.3. The van der Waals surface area contributed by atoms with E-state index in [2.05, 4.69) is 20.4 Å². The molecule has 0 spiro atoms. The fourth-order valence-electron chi connectivity index (χ4n) is 3.71. The lowest BCUT2D eigenvalue weighted by Gasteiger charge is -2.20. The number of carbonyl (C=O) groups is 1. The number of furan rings is 1. The monoisotopic (exact) mass is 433 g/mol. The van der Waals surface area contributed by atoms with Crippen LogP contribution in [-0.2, 0) is 25.7 Å². The molecule has 0 saturated carbocycles. The molecule has 3 heterocycles. The van der Waals surface area contributed by atoms with E-state index in [9.17, 15) is 18.0 Å².